The highest BCUT2D eigenvalue weighted by molar-refractivity contribution is 9.10. The van der Waals surface area contributed by atoms with Crippen molar-refractivity contribution in [2.45, 2.75) is 26.3 Å². The number of ether oxygens (including phenoxy) is 1. The van der Waals surface area contributed by atoms with Gasteiger partial charge in [-0.25, -0.2) is 0 Å². The highest BCUT2D eigenvalue weighted by Gasteiger charge is 2.10. The van der Waals surface area contributed by atoms with Crippen LogP contribution in [0.3, 0.4) is 0 Å². The van der Waals surface area contributed by atoms with Crippen molar-refractivity contribution in [3.8, 4) is 5.75 Å². The van der Waals surface area contributed by atoms with Gasteiger partial charge in [0.2, 0.25) is 0 Å². The average molecular weight is 373 g/mol. The fourth-order valence-electron chi connectivity index (χ4n) is 2.15. The minimum absolute atomic E-state index is 0.430. The molecule has 1 heterocycles. The Morgan fingerprint density at radius 3 is 2.76 bits per heavy atom. The van der Waals surface area contributed by atoms with Crippen LogP contribution in [0, 0.1) is 6.92 Å². The quantitative estimate of drug-likeness (QED) is 0.771. The van der Waals surface area contributed by atoms with Crippen LogP contribution in [0.5, 0.6) is 5.75 Å². The van der Waals surface area contributed by atoms with E-state index in [0.29, 0.717) is 19.0 Å². The monoisotopic (exact) mass is 371 g/mol. The zero-order chi connectivity index (χ0) is 15.4. The molecule has 0 fully saturated rings. The predicted molar refractivity (Wildman–Crippen MR) is 90.1 cm³/mol. The molecule has 1 aromatic heterocycles. The number of alkyl halides is 1. The zero-order valence-electron chi connectivity index (χ0n) is 12.4. The summed E-state index contributed by atoms with van der Waals surface area (Å²) in [6, 6.07) is 5.97. The van der Waals surface area contributed by atoms with E-state index in [-0.39, 0.29) is 0 Å². The van der Waals surface area contributed by atoms with Crippen molar-refractivity contribution >= 4 is 33.2 Å². The molecule has 0 aliphatic heterocycles. The van der Waals surface area contributed by atoms with Gasteiger partial charge < -0.3 is 10.1 Å². The number of aryl methyl sites for hydroxylation is 2. The van der Waals surface area contributed by atoms with Crippen molar-refractivity contribution in [3.63, 3.8) is 0 Å². The van der Waals surface area contributed by atoms with E-state index in [4.69, 9.17) is 16.3 Å². The van der Waals surface area contributed by atoms with Crippen molar-refractivity contribution < 1.29 is 4.74 Å². The molecular weight excluding hydrogens is 354 g/mol. The molecule has 0 aliphatic carbocycles. The predicted octanol–water partition coefficient (Wildman–Crippen LogP) is 4.24. The van der Waals surface area contributed by atoms with Crippen LogP contribution in [0.2, 0.25) is 0 Å². The van der Waals surface area contributed by atoms with E-state index < -0.39 is 0 Å². The van der Waals surface area contributed by atoms with Gasteiger partial charge in [0.05, 0.1) is 34.9 Å². The molecule has 0 radical (unpaired) electrons. The number of nitrogens with zero attached hydrogens (tertiary/aromatic N) is 2. The molecule has 0 saturated carbocycles. The Labute approximate surface area is 138 Å². The van der Waals surface area contributed by atoms with Crippen LogP contribution in [-0.2, 0) is 19.5 Å². The van der Waals surface area contributed by atoms with Gasteiger partial charge in [-0.15, -0.1) is 11.6 Å². The van der Waals surface area contributed by atoms with E-state index in [1.165, 1.54) is 0 Å². The third-order valence-corrected chi connectivity index (χ3v) is 4.55. The number of aromatic nitrogens is 2. The Morgan fingerprint density at radius 1 is 1.43 bits per heavy atom. The maximum atomic E-state index is 5.98. The Hall–Kier alpha value is -1.20. The lowest BCUT2D eigenvalue weighted by molar-refractivity contribution is 0.337. The number of halogens is 2. The lowest BCUT2D eigenvalue weighted by atomic mass is 10.2. The maximum Gasteiger partial charge on any atom is 0.123 e. The summed E-state index contributed by atoms with van der Waals surface area (Å²) in [6.45, 7) is 5.27. The standard InChI is InChI=1S/C15H19BrClN3O/c1-4-21-14-6-5-12(7-11(14)8-17)18-9-13-15(16)10(2)19-20(13)3/h5-7,18H,4,8-9H2,1-3H3. The molecule has 6 heteroatoms. The summed E-state index contributed by atoms with van der Waals surface area (Å²) < 4.78 is 8.47. The third-order valence-electron chi connectivity index (χ3n) is 3.23. The molecule has 0 saturated heterocycles. The fraction of sp³-hybridized carbons (Fsp3) is 0.400. The van der Waals surface area contributed by atoms with Gasteiger partial charge in [-0.05, 0) is 48.0 Å². The second kappa shape index (κ2) is 7.18. The third kappa shape index (κ3) is 3.71. The molecule has 0 aliphatic rings. The number of nitrogens with one attached hydrogen (secondary N) is 1. The van der Waals surface area contributed by atoms with Crippen molar-refractivity contribution in [1.82, 2.24) is 9.78 Å². The van der Waals surface area contributed by atoms with Gasteiger partial charge in [0.15, 0.2) is 0 Å². The molecule has 0 unspecified atom stereocenters. The van der Waals surface area contributed by atoms with E-state index in [1.807, 2.05) is 43.8 Å². The molecule has 4 nitrogen and oxygen atoms in total. The summed E-state index contributed by atoms with van der Waals surface area (Å²) in [6.07, 6.45) is 0. The van der Waals surface area contributed by atoms with Crippen LogP contribution in [0.15, 0.2) is 22.7 Å². The van der Waals surface area contributed by atoms with Crippen LogP contribution in [0.25, 0.3) is 0 Å². The molecule has 0 spiro atoms. The summed E-state index contributed by atoms with van der Waals surface area (Å²) in [5.74, 6) is 1.27. The highest BCUT2D eigenvalue weighted by Crippen LogP contribution is 2.26. The van der Waals surface area contributed by atoms with Gasteiger partial charge in [0.1, 0.15) is 5.75 Å². The van der Waals surface area contributed by atoms with Crippen molar-refractivity contribution in [2.24, 2.45) is 7.05 Å². The first-order chi connectivity index (χ1) is 10.1. The van der Waals surface area contributed by atoms with Gasteiger partial charge in [0.25, 0.3) is 0 Å². The molecule has 21 heavy (non-hydrogen) atoms. The van der Waals surface area contributed by atoms with Crippen LogP contribution in [0.1, 0.15) is 23.9 Å². The fourth-order valence-corrected chi connectivity index (χ4v) is 2.83. The topological polar surface area (TPSA) is 39.1 Å². The molecule has 2 rings (SSSR count). The van der Waals surface area contributed by atoms with Crippen LogP contribution >= 0.6 is 27.5 Å². The van der Waals surface area contributed by atoms with Crippen LogP contribution in [0.4, 0.5) is 5.69 Å². The molecular formula is C15H19BrClN3O. The first kappa shape index (κ1) is 16.2. The van der Waals surface area contributed by atoms with Gasteiger partial charge in [-0.3, -0.25) is 4.68 Å². The number of anilines is 1. The van der Waals surface area contributed by atoms with Gasteiger partial charge in [0, 0.05) is 18.3 Å². The number of hydrogen-bond donors (Lipinski definition) is 1. The largest absolute Gasteiger partial charge is 0.494 e. The molecule has 1 N–H and O–H groups in total. The number of rotatable bonds is 6. The summed E-state index contributed by atoms with van der Waals surface area (Å²) >= 11 is 9.55. The molecule has 2 aromatic rings. The van der Waals surface area contributed by atoms with E-state index in [9.17, 15) is 0 Å². The van der Waals surface area contributed by atoms with Crippen molar-refractivity contribution in [2.75, 3.05) is 11.9 Å². The molecule has 0 bridgehead atoms. The van der Waals surface area contributed by atoms with Gasteiger partial charge >= 0.3 is 0 Å². The maximum absolute atomic E-state index is 5.98. The van der Waals surface area contributed by atoms with Crippen molar-refractivity contribution in [1.29, 1.82) is 0 Å². The van der Waals surface area contributed by atoms with Crippen LogP contribution < -0.4 is 10.1 Å². The van der Waals surface area contributed by atoms with E-state index in [0.717, 1.165) is 32.9 Å². The first-order valence-corrected chi connectivity index (χ1v) is 8.13. The lowest BCUT2D eigenvalue weighted by Crippen LogP contribution is -2.06. The average Bonchev–Trinajstić information content (AvgIpc) is 2.71. The summed E-state index contributed by atoms with van der Waals surface area (Å²) in [4.78, 5) is 0. The second-order valence-electron chi connectivity index (χ2n) is 4.71. The summed E-state index contributed by atoms with van der Waals surface area (Å²) in [5, 5.41) is 7.78. The molecule has 0 amide bonds. The van der Waals surface area contributed by atoms with Crippen LogP contribution in [-0.4, -0.2) is 16.4 Å². The summed E-state index contributed by atoms with van der Waals surface area (Å²) in [7, 11) is 1.94. The Morgan fingerprint density at radius 2 is 2.19 bits per heavy atom. The first-order valence-electron chi connectivity index (χ1n) is 6.80. The Balaban J connectivity index is 2.13. The minimum Gasteiger partial charge on any atom is -0.494 e. The van der Waals surface area contributed by atoms with E-state index in [2.05, 4.69) is 26.3 Å². The summed E-state index contributed by atoms with van der Waals surface area (Å²) in [5.41, 5.74) is 4.10. The zero-order valence-corrected chi connectivity index (χ0v) is 14.8. The van der Waals surface area contributed by atoms with E-state index >= 15 is 0 Å². The Kier molecular flexibility index (Phi) is 5.53. The van der Waals surface area contributed by atoms with Crippen molar-refractivity contribution in [3.05, 3.63) is 39.6 Å². The van der Waals surface area contributed by atoms with Gasteiger partial charge in [-0.2, -0.15) is 5.10 Å². The smallest absolute Gasteiger partial charge is 0.123 e. The SMILES string of the molecule is CCOc1ccc(NCc2c(Br)c(C)nn2C)cc1CCl. The normalized spacial score (nSPS) is 10.7. The van der Waals surface area contributed by atoms with E-state index in [1.54, 1.807) is 0 Å². The number of benzene rings is 1. The molecule has 1 aromatic carbocycles. The molecule has 114 valence electrons. The number of hydrogen-bond acceptors (Lipinski definition) is 3. The second-order valence-corrected chi connectivity index (χ2v) is 5.77. The lowest BCUT2D eigenvalue weighted by Gasteiger charge is -2.12. The Bertz CT molecular complexity index is 628. The minimum atomic E-state index is 0.430. The highest BCUT2D eigenvalue weighted by atomic mass is 79.9. The molecule has 0 atom stereocenters. The van der Waals surface area contributed by atoms with Gasteiger partial charge in [-0.1, -0.05) is 0 Å².